The third-order valence-electron chi connectivity index (χ3n) is 2.56. The molecule has 0 saturated heterocycles. The molecular weight excluding hydrogens is 442 g/mol. The molecule has 2 aromatic rings. The van der Waals surface area contributed by atoms with E-state index in [4.69, 9.17) is 9.15 Å². The van der Waals surface area contributed by atoms with Crippen molar-refractivity contribution in [2.45, 2.75) is 13.2 Å². The van der Waals surface area contributed by atoms with Crippen molar-refractivity contribution in [1.29, 1.82) is 0 Å². The maximum atomic E-state index is 5.53. The molecule has 0 aliphatic heterocycles. The average Bonchev–Trinajstić information content (AvgIpc) is 2.70. The Labute approximate surface area is 137 Å². The number of benzene rings is 1. The summed E-state index contributed by atoms with van der Waals surface area (Å²) in [4.78, 5) is 0. The molecule has 0 unspecified atom stereocenters. The summed E-state index contributed by atoms with van der Waals surface area (Å²) in [5, 5.41) is 3.35. The number of halogens is 3. The van der Waals surface area contributed by atoms with Crippen LogP contribution in [0.25, 0.3) is 0 Å². The molecule has 102 valence electrons. The van der Waals surface area contributed by atoms with Crippen LogP contribution in [0.1, 0.15) is 11.3 Å². The second-order valence-electron chi connectivity index (χ2n) is 3.89. The molecule has 6 heteroatoms. The van der Waals surface area contributed by atoms with Gasteiger partial charge in [0.05, 0.1) is 17.6 Å². The molecule has 0 bridgehead atoms. The quantitative estimate of drug-likeness (QED) is 0.664. The number of rotatable bonds is 5. The molecule has 0 atom stereocenters. The van der Waals surface area contributed by atoms with E-state index >= 15 is 0 Å². The first kappa shape index (κ1) is 15.1. The van der Waals surface area contributed by atoms with Crippen LogP contribution in [0.15, 0.2) is 42.3 Å². The van der Waals surface area contributed by atoms with Gasteiger partial charge in [-0.15, -0.1) is 0 Å². The second kappa shape index (κ2) is 6.92. The van der Waals surface area contributed by atoms with Gasteiger partial charge in [-0.3, -0.25) is 0 Å². The molecule has 0 fully saturated rings. The third kappa shape index (κ3) is 3.84. The zero-order valence-corrected chi connectivity index (χ0v) is 14.9. The first-order chi connectivity index (χ1) is 9.11. The van der Waals surface area contributed by atoms with Gasteiger partial charge < -0.3 is 14.5 Å². The van der Waals surface area contributed by atoms with Gasteiger partial charge in [0, 0.05) is 22.8 Å². The van der Waals surface area contributed by atoms with Gasteiger partial charge in [0.1, 0.15) is 5.76 Å². The SMILES string of the molecule is COCc1c(Br)cccc1NCc1cc(Br)c(Br)o1. The Balaban J connectivity index is 2.12. The second-order valence-corrected chi connectivity index (χ2v) is 6.32. The summed E-state index contributed by atoms with van der Waals surface area (Å²) in [5.41, 5.74) is 2.12. The van der Waals surface area contributed by atoms with Crippen molar-refractivity contribution < 1.29 is 9.15 Å². The Morgan fingerprint density at radius 2 is 2.00 bits per heavy atom. The number of nitrogens with one attached hydrogen (secondary N) is 1. The van der Waals surface area contributed by atoms with Crippen molar-refractivity contribution in [3.8, 4) is 0 Å². The van der Waals surface area contributed by atoms with Crippen LogP contribution < -0.4 is 5.32 Å². The van der Waals surface area contributed by atoms with Crippen LogP contribution in [0.4, 0.5) is 5.69 Å². The number of hydrogen-bond donors (Lipinski definition) is 1. The number of hydrogen-bond acceptors (Lipinski definition) is 3. The summed E-state index contributed by atoms with van der Waals surface area (Å²) >= 11 is 10.3. The summed E-state index contributed by atoms with van der Waals surface area (Å²) in [7, 11) is 1.68. The lowest BCUT2D eigenvalue weighted by molar-refractivity contribution is 0.185. The first-order valence-electron chi connectivity index (χ1n) is 5.55. The molecular formula is C13H12Br3NO2. The summed E-state index contributed by atoms with van der Waals surface area (Å²) in [5.74, 6) is 0.849. The zero-order chi connectivity index (χ0) is 13.8. The van der Waals surface area contributed by atoms with E-state index in [-0.39, 0.29) is 0 Å². The Morgan fingerprint density at radius 1 is 1.21 bits per heavy atom. The first-order valence-corrected chi connectivity index (χ1v) is 7.93. The number of methoxy groups -OCH3 is 1. The molecule has 1 aromatic carbocycles. The zero-order valence-electron chi connectivity index (χ0n) is 10.2. The molecule has 1 heterocycles. The normalized spacial score (nSPS) is 10.7. The van der Waals surface area contributed by atoms with Crippen LogP contribution in [0.5, 0.6) is 0 Å². The van der Waals surface area contributed by atoms with E-state index in [0.717, 1.165) is 26.0 Å². The van der Waals surface area contributed by atoms with Crippen molar-refractivity contribution in [2.75, 3.05) is 12.4 Å². The highest BCUT2D eigenvalue weighted by atomic mass is 79.9. The van der Waals surface area contributed by atoms with Gasteiger partial charge >= 0.3 is 0 Å². The highest BCUT2D eigenvalue weighted by Crippen LogP contribution is 2.29. The summed E-state index contributed by atoms with van der Waals surface area (Å²) in [6, 6.07) is 7.94. The van der Waals surface area contributed by atoms with Gasteiger partial charge in [0.2, 0.25) is 0 Å². The van der Waals surface area contributed by atoms with Crippen LogP contribution in [-0.4, -0.2) is 7.11 Å². The standard InChI is InChI=1S/C13H12Br3NO2/c1-18-7-9-10(14)3-2-4-12(9)17-6-8-5-11(15)13(16)19-8/h2-5,17H,6-7H2,1H3. The van der Waals surface area contributed by atoms with Crippen molar-refractivity contribution in [3.63, 3.8) is 0 Å². The van der Waals surface area contributed by atoms with Gasteiger partial charge in [-0.2, -0.15) is 0 Å². The molecule has 0 amide bonds. The van der Waals surface area contributed by atoms with Crippen molar-refractivity contribution in [2.24, 2.45) is 0 Å². The Kier molecular flexibility index (Phi) is 5.50. The van der Waals surface area contributed by atoms with Crippen LogP contribution in [-0.2, 0) is 17.9 Å². The lowest BCUT2D eigenvalue weighted by Crippen LogP contribution is -2.03. The molecule has 0 radical (unpaired) electrons. The molecule has 0 aliphatic rings. The van der Waals surface area contributed by atoms with Gasteiger partial charge in [0.15, 0.2) is 4.67 Å². The fourth-order valence-electron chi connectivity index (χ4n) is 1.68. The van der Waals surface area contributed by atoms with E-state index in [1.165, 1.54) is 0 Å². The van der Waals surface area contributed by atoms with E-state index < -0.39 is 0 Å². The molecule has 2 rings (SSSR count). The minimum absolute atomic E-state index is 0.551. The minimum Gasteiger partial charge on any atom is -0.451 e. The molecule has 3 nitrogen and oxygen atoms in total. The maximum Gasteiger partial charge on any atom is 0.183 e. The number of anilines is 1. The monoisotopic (exact) mass is 451 g/mol. The predicted molar refractivity (Wildman–Crippen MR) is 86.3 cm³/mol. The topological polar surface area (TPSA) is 34.4 Å². The van der Waals surface area contributed by atoms with E-state index in [1.807, 2.05) is 24.3 Å². The summed E-state index contributed by atoms with van der Waals surface area (Å²) in [6.07, 6.45) is 0. The number of furan rings is 1. The van der Waals surface area contributed by atoms with Crippen LogP contribution in [0.2, 0.25) is 0 Å². The molecule has 0 spiro atoms. The lowest BCUT2D eigenvalue weighted by atomic mass is 10.2. The fourth-order valence-corrected chi connectivity index (χ4v) is 2.82. The van der Waals surface area contributed by atoms with Crippen LogP contribution in [0.3, 0.4) is 0 Å². The highest BCUT2D eigenvalue weighted by Gasteiger charge is 2.09. The van der Waals surface area contributed by atoms with E-state index in [0.29, 0.717) is 17.8 Å². The molecule has 19 heavy (non-hydrogen) atoms. The molecule has 0 saturated carbocycles. The number of ether oxygens (including phenoxy) is 1. The Bertz CT molecular complexity index is 550. The average molecular weight is 454 g/mol. The lowest BCUT2D eigenvalue weighted by Gasteiger charge is -2.12. The van der Waals surface area contributed by atoms with E-state index in [1.54, 1.807) is 7.11 Å². The maximum absolute atomic E-state index is 5.53. The van der Waals surface area contributed by atoms with E-state index in [2.05, 4.69) is 53.1 Å². The van der Waals surface area contributed by atoms with Crippen molar-refractivity contribution in [3.05, 3.63) is 49.2 Å². The van der Waals surface area contributed by atoms with E-state index in [9.17, 15) is 0 Å². The summed E-state index contributed by atoms with van der Waals surface area (Å²) < 4.78 is 13.4. The largest absolute Gasteiger partial charge is 0.451 e. The fraction of sp³-hybridized carbons (Fsp3) is 0.231. The van der Waals surface area contributed by atoms with Crippen molar-refractivity contribution >= 4 is 53.5 Å². The van der Waals surface area contributed by atoms with Crippen molar-refractivity contribution in [1.82, 2.24) is 0 Å². The van der Waals surface area contributed by atoms with Gasteiger partial charge in [-0.1, -0.05) is 22.0 Å². The Hall–Kier alpha value is -0.300. The third-order valence-corrected chi connectivity index (χ3v) is 5.01. The smallest absolute Gasteiger partial charge is 0.183 e. The molecule has 1 aromatic heterocycles. The molecule has 1 N–H and O–H groups in total. The van der Waals surface area contributed by atoms with Gasteiger partial charge in [-0.05, 0) is 50.1 Å². The van der Waals surface area contributed by atoms with Crippen LogP contribution in [0, 0.1) is 0 Å². The minimum atomic E-state index is 0.551. The van der Waals surface area contributed by atoms with Gasteiger partial charge in [0.25, 0.3) is 0 Å². The predicted octanol–water partition coefficient (Wildman–Crippen LogP) is 5.33. The van der Waals surface area contributed by atoms with Crippen LogP contribution >= 0.6 is 47.8 Å². The van der Waals surface area contributed by atoms with Gasteiger partial charge in [-0.25, -0.2) is 0 Å². The Morgan fingerprint density at radius 3 is 2.63 bits per heavy atom. The molecule has 0 aliphatic carbocycles. The summed E-state index contributed by atoms with van der Waals surface area (Å²) in [6.45, 7) is 1.16. The highest BCUT2D eigenvalue weighted by molar-refractivity contribution is 9.13.